The number of ether oxygens (including phenoxy) is 3. The van der Waals surface area contributed by atoms with Gasteiger partial charge in [0.25, 0.3) is 0 Å². The second kappa shape index (κ2) is 10.6. The molecule has 1 aliphatic rings. The average molecular weight is 507 g/mol. The van der Waals surface area contributed by atoms with Crippen molar-refractivity contribution >= 4 is 5.97 Å². The lowest BCUT2D eigenvalue weighted by atomic mass is 9.63. The normalized spacial score (nSPS) is 15.7. The molecule has 1 aliphatic carbocycles. The lowest BCUT2D eigenvalue weighted by molar-refractivity contribution is -0.00821. The maximum atomic E-state index is 14.9. The van der Waals surface area contributed by atoms with Crippen LogP contribution in [0.25, 0.3) is 22.3 Å². The molecule has 0 saturated carbocycles. The number of aromatic carboxylic acids is 1. The van der Waals surface area contributed by atoms with Gasteiger partial charge in [-0.05, 0) is 70.2 Å². The monoisotopic (exact) mass is 506 g/mol. The molecule has 0 heterocycles. The highest BCUT2D eigenvalue weighted by Gasteiger charge is 2.37. The van der Waals surface area contributed by atoms with Gasteiger partial charge in [0, 0.05) is 18.2 Å². The van der Waals surface area contributed by atoms with Crippen LogP contribution in [0.1, 0.15) is 62.0 Å². The van der Waals surface area contributed by atoms with Gasteiger partial charge >= 0.3 is 5.97 Å². The quantitative estimate of drug-likeness (QED) is 0.245. The third-order valence-corrected chi connectivity index (χ3v) is 7.40. The predicted octanol–water partition coefficient (Wildman–Crippen LogP) is 7.21. The van der Waals surface area contributed by atoms with Crippen LogP contribution in [0.5, 0.6) is 5.75 Å². The molecular formula is C31H35FO5. The van der Waals surface area contributed by atoms with E-state index in [1.165, 1.54) is 23.3 Å². The Labute approximate surface area is 218 Å². The highest BCUT2D eigenvalue weighted by Crippen LogP contribution is 2.47. The molecule has 37 heavy (non-hydrogen) atoms. The van der Waals surface area contributed by atoms with Gasteiger partial charge in [-0.25, -0.2) is 9.18 Å². The summed E-state index contributed by atoms with van der Waals surface area (Å²) in [4.78, 5) is 11.3. The molecule has 5 nitrogen and oxygen atoms in total. The zero-order valence-electron chi connectivity index (χ0n) is 22.2. The van der Waals surface area contributed by atoms with Crippen molar-refractivity contribution in [2.75, 3.05) is 27.1 Å². The standard InChI is InChI=1S/C31H35FO5/c1-30(2)12-13-31(3,4)26-17-21(7-10-25(26)30)24-16-20(8-11-28(24)37-19-36-15-14-35-5)23-9-6-22(29(33)34)18-27(23)32/h6-11,16-18H,12-15,19H2,1-5H3,(H,33,34). The minimum absolute atomic E-state index is 0.0293. The van der Waals surface area contributed by atoms with E-state index in [-0.39, 0.29) is 23.2 Å². The first kappa shape index (κ1) is 26.8. The van der Waals surface area contributed by atoms with Crippen molar-refractivity contribution in [1.29, 1.82) is 0 Å². The van der Waals surface area contributed by atoms with Crippen molar-refractivity contribution in [3.8, 4) is 28.0 Å². The molecule has 4 rings (SSSR count). The average Bonchev–Trinajstić information content (AvgIpc) is 2.86. The van der Waals surface area contributed by atoms with E-state index < -0.39 is 11.8 Å². The van der Waals surface area contributed by atoms with Crippen LogP contribution in [0, 0.1) is 5.82 Å². The van der Waals surface area contributed by atoms with Crippen molar-refractivity contribution < 1.29 is 28.5 Å². The number of carboxylic acid groups (broad SMARTS) is 1. The van der Waals surface area contributed by atoms with Crippen LogP contribution in [0.3, 0.4) is 0 Å². The number of rotatable bonds is 9. The Morgan fingerprint density at radius 2 is 1.54 bits per heavy atom. The van der Waals surface area contributed by atoms with Crippen molar-refractivity contribution in [2.24, 2.45) is 0 Å². The Morgan fingerprint density at radius 3 is 2.22 bits per heavy atom. The zero-order chi connectivity index (χ0) is 26.8. The number of benzene rings is 3. The topological polar surface area (TPSA) is 65.0 Å². The minimum Gasteiger partial charge on any atom is -0.478 e. The first-order valence-electron chi connectivity index (χ1n) is 12.6. The maximum absolute atomic E-state index is 14.9. The van der Waals surface area contributed by atoms with Crippen LogP contribution in [0.15, 0.2) is 54.6 Å². The molecule has 0 unspecified atom stereocenters. The van der Waals surface area contributed by atoms with E-state index in [0.29, 0.717) is 30.1 Å². The summed E-state index contributed by atoms with van der Waals surface area (Å²) < 4.78 is 31.5. The fourth-order valence-corrected chi connectivity index (χ4v) is 4.99. The Balaban J connectivity index is 1.79. The smallest absolute Gasteiger partial charge is 0.335 e. The van der Waals surface area contributed by atoms with Crippen molar-refractivity contribution in [3.63, 3.8) is 0 Å². The summed E-state index contributed by atoms with van der Waals surface area (Å²) in [6.45, 7) is 10.1. The molecule has 0 spiro atoms. The molecule has 0 fully saturated rings. The van der Waals surface area contributed by atoms with Gasteiger partial charge in [0.2, 0.25) is 0 Å². The van der Waals surface area contributed by atoms with Gasteiger partial charge in [-0.1, -0.05) is 58.0 Å². The molecule has 0 saturated heterocycles. The summed E-state index contributed by atoms with van der Waals surface area (Å²) in [5.74, 6) is -1.13. The van der Waals surface area contributed by atoms with E-state index in [1.807, 2.05) is 12.1 Å². The van der Waals surface area contributed by atoms with Gasteiger partial charge in [0.1, 0.15) is 11.6 Å². The second-order valence-electron chi connectivity index (χ2n) is 10.9. The van der Waals surface area contributed by atoms with Gasteiger partial charge in [-0.2, -0.15) is 0 Å². The molecule has 196 valence electrons. The predicted molar refractivity (Wildman–Crippen MR) is 143 cm³/mol. The van der Waals surface area contributed by atoms with Crippen LogP contribution in [0.2, 0.25) is 0 Å². The first-order chi connectivity index (χ1) is 17.5. The number of hydrogen-bond acceptors (Lipinski definition) is 4. The largest absolute Gasteiger partial charge is 0.478 e. The highest BCUT2D eigenvalue weighted by molar-refractivity contribution is 5.88. The third kappa shape index (κ3) is 5.71. The molecule has 0 atom stereocenters. The van der Waals surface area contributed by atoms with E-state index in [0.717, 1.165) is 30.0 Å². The van der Waals surface area contributed by atoms with Crippen LogP contribution < -0.4 is 4.74 Å². The first-order valence-corrected chi connectivity index (χ1v) is 12.6. The fraction of sp³-hybridized carbons (Fsp3) is 0.387. The summed E-state index contributed by atoms with van der Waals surface area (Å²) in [6, 6.07) is 16.0. The molecule has 0 aliphatic heterocycles. The summed E-state index contributed by atoms with van der Waals surface area (Å²) >= 11 is 0. The zero-order valence-corrected chi connectivity index (χ0v) is 22.2. The summed E-state index contributed by atoms with van der Waals surface area (Å²) in [6.07, 6.45) is 2.22. The van der Waals surface area contributed by atoms with E-state index in [2.05, 4.69) is 45.9 Å². The van der Waals surface area contributed by atoms with E-state index in [9.17, 15) is 14.3 Å². The number of halogens is 1. The Kier molecular flexibility index (Phi) is 7.72. The molecule has 0 bridgehead atoms. The van der Waals surface area contributed by atoms with Crippen molar-refractivity contribution in [2.45, 2.75) is 51.4 Å². The van der Waals surface area contributed by atoms with Gasteiger partial charge in [0.05, 0.1) is 18.8 Å². The Bertz CT molecular complexity index is 1290. The molecule has 1 N–H and O–H groups in total. The third-order valence-electron chi connectivity index (χ3n) is 7.40. The Morgan fingerprint density at radius 1 is 0.865 bits per heavy atom. The maximum Gasteiger partial charge on any atom is 0.335 e. The molecular weight excluding hydrogens is 471 g/mol. The minimum atomic E-state index is -1.16. The molecule has 0 radical (unpaired) electrons. The highest BCUT2D eigenvalue weighted by atomic mass is 19.1. The lowest BCUT2D eigenvalue weighted by Gasteiger charge is -2.42. The molecule has 0 amide bonds. The summed E-state index contributed by atoms with van der Waals surface area (Å²) in [5, 5.41) is 9.21. The van der Waals surface area contributed by atoms with E-state index in [1.54, 1.807) is 13.2 Å². The van der Waals surface area contributed by atoms with Crippen LogP contribution in [-0.4, -0.2) is 38.2 Å². The number of methoxy groups -OCH3 is 1. The van der Waals surface area contributed by atoms with Gasteiger partial charge < -0.3 is 19.3 Å². The summed E-state index contributed by atoms with van der Waals surface area (Å²) in [7, 11) is 1.61. The van der Waals surface area contributed by atoms with Crippen molar-refractivity contribution in [1.82, 2.24) is 0 Å². The molecule has 6 heteroatoms. The Hall–Kier alpha value is -3.22. The SMILES string of the molecule is COCCOCOc1ccc(-c2ccc(C(=O)O)cc2F)cc1-c1ccc2c(c1)C(C)(C)CCC2(C)C. The van der Waals surface area contributed by atoms with E-state index in [4.69, 9.17) is 14.2 Å². The van der Waals surface area contributed by atoms with Crippen molar-refractivity contribution in [3.05, 3.63) is 77.1 Å². The van der Waals surface area contributed by atoms with Gasteiger partial charge in [0.15, 0.2) is 6.79 Å². The number of fused-ring (bicyclic) bond motifs is 1. The number of carboxylic acids is 1. The van der Waals surface area contributed by atoms with Crippen LogP contribution in [-0.2, 0) is 20.3 Å². The van der Waals surface area contributed by atoms with Gasteiger partial charge in [-0.3, -0.25) is 0 Å². The second-order valence-corrected chi connectivity index (χ2v) is 10.9. The number of carbonyl (C=O) groups is 1. The fourth-order valence-electron chi connectivity index (χ4n) is 4.99. The summed E-state index contributed by atoms with van der Waals surface area (Å²) in [5.41, 5.74) is 5.45. The van der Waals surface area contributed by atoms with E-state index >= 15 is 0 Å². The van der Waals surface area contributed by atoms with Gasteiger partial charge in [-0.15, -0.1) is 0 Å². The lowest BCUT2D eigenvalue weighted by Crippen LogP contribution is -2.33. The molecule has 0 aromatic heterocycles. The molecule has 3 aromatic carbocycles. The van der Waals surface area contributed by atoms with Crippen LogP contribution >= 0.6 is 0 Å². The van der Waals surface area contributed by atoms with Crippen LogP contribution in [0.4, 0.5) is 4.39 Å². The number of hydrogen-bond donors (Lipinski definition) is 1. The molecule has 3 aromatic rings.